The van der Waals surface area contributed by atoms with Crippen LogP contribution in [0.1, 0.15) is 6.92 Å². The van der Waals surface area contributed by atoms with Crippen molar-refractivity contribution < 1.29 is 17.8 Å². The molecule has 7 heteroatoms. The first-order chi connectivity index (χ1) is 13.7. The molecule has 1 N–H and O–H groups in total. The van der Waals surface area contributed by atoms with Gasteiger partial charge in [0.05, 0.1) is 0 Å². The SMILES string of the molecule is CC(=O)/C=C/P(Cl)(c1ccccc1)(c1ccccc1)c1cccc(S(=O)(=O)O)c1. The van der Waals surface area contributed by atoms with Gasteiger partial charge < -0.3 is 0 Å². The number of halogens is 1. The van der Waals surface area contributed by atoms with Crippen molar-refractivity contribution in [1.82, 2.24) is 0 Å². The minimum atomic E-state index is -4.44. The Morgan fingerprint density at radius 1 is 0.862 bits per heavy atom. The van der Waals surface area contributed by atoms with Crippen molar-refractivity contribution in [3.05, 3.63) is 96.8 Å². The Hall–Kier alpha value is -2.30. The van der Waals surface area contributed by atoms with Gasteiger partial charge in [-0.25, -0.2) is 0 Å². The Balaban J connectivity index is 2.52. The average molecular weight is 447 g/mol. The molecule has 4 nitrogen and oxygen atoms in total. The monoisotopic (exact) mass is 446 g/mol. The van der Waals surface area contributed by atoms with Gasteiger partial charge in [-0.05, 0) is 0 Å². The van der Waals surface area contributed by atoms with E-state index in [0.29, 0.717) is 5.30 Å². The summed E-state index contributed by atoms with van der Waals surface area (Å²) in [4.78, 5) is 11.6. The standard InChI is InChI=1S/C22H20ClO4PS/c1-18(24)15-16-28(23,19-9-4-2-5-10-19,20-11-6-3-7-12-20)21-13-8-14-22(17-21)29(25,26)27/h2-17H,1H3,(H,25,26,27)/b16-15+. The molecule has 0 aliphatic rings. The molecular weight excluding hydrogens is 427 g/mol. The Bertz CT molecular complexity index is 1140. The van der Waals surface area contributed by atoms with Crippen LogP contribution in [0.5, 0.6) is 0 Å². The fourth-order valence-corrected chi connectivity index (χ4v) is 9.26. The molecule has 0 amide bonds. The fraction of sp³-hybridized carbons (Fsp3) is 0.0455. The van der Waals surface area contributed by atoms with Crippen molar-refractivity contribution >= 4 is 49.0 Å². The Kier molecular flexibility index (Phi) is 5.79. The van der Waals surface area contributed by atoms with Crippen LogP contribution in [0, 0.1) is 0 Å². The minimum absolute atomic E-state index is 0.183. The number of rotatable bonds is 6. The van der Waals surface area contributed by atoms with Gasteiger partial charge in [-0.3, -0.25) is 0 Å². The van der Waals surface area contributed by atoms with E-state index in [0.717, 1.165) is 10.6 Å². The predicted molar refractivity (Wildman–Crippen MR) is 121 cm³/mol. The van der Waals surface area contributed by atoms with E-state index < -0.39 is 16.1 Å². The van der Waals surface area contributed by atoms with Gasteiger partial charge in [0.15, 0.2) is 0 Å². The Morgan fingerprint density at radius 2 is 1.34 bits per heavy atom. The molecule has 0 atom stereocenters. The fourth-order valence-electron chi connectivity index (χ4n) is 3.31. The number of ketones is 1. The first kappa shape index (κ1) is 21.4. The molecule has 150 valence electrons. The van der Waals surface area contributed by atoms with Gasteiger partial charge >= 0.3 is 175 Å². The second-order valence-corrected chi connectivity index (χ2v) is 14.2. The summed E-state index contributed by atoms with van der Waals surface area (Å²) >= 11 is 7.66. The second-order valence-electron chi connectivity index (χ2n) is 6.64. The summed E-state index contributed by atoms with van der Waals surface area (Å²) in [5, 5.41) is 2.00. The van der Waals surface area contributed by atoms with Crippen molar-refractivity contribution in [1.29, 1.82) is 0 Å². The van der Waals surface area contributed by atoms with Crippen LogP contribution in [0.25, 0.3) is 0 Å². The van der Waals surface area contributed by atoms with Gasteiger partial charge in [-0.2, -0.15) is 0 Å². The summed E-state index contributed by atoms with van der Waals surface area (Å²) in [5.74, 6) is -2.40. The molecule has 0 saturated heterocycles. The number of benzene rings is 3. The van der Waals surface area contributed by atoms with E-state index in [-0.39, 0.29) is 10.7 Å². The molecule has 3 rings (SSSR count). The summed E-state index contributed by atoms with van der Waals surface area (Å²) in [6.45, 7) is 1.43. The molecule has 0 aliphatic heterocycles. The first-order valence-electron chi connectivity index (χ1n) is 8.79. The number of allylic oxidation sites excluding steroid dienone is 1. The first-order valence-corrected chi connectivity index (χ1v) is 13.4. The molecule has 0 radical (unpaired) electrons. The number of carbonyl (C=O) groups excluding carboxylic acids is 1. The molecule has 0 unspecified atom stereocenters. The molecule has 0 spiro atoms. The number of carbonyl (C=O) groups is 1. The molecule has 0 fully saturated rings. The Morgan fingerprint density at radius 3 is 1.79 bits per heavy atom. The molecule has 0 aromatic heterocycles. The zero-order chi connectivity index (χ0) is 21.1. The summed E-state index contributed by atoms with van der Waals surface area (Å²) < 4.78 is 33.2. The van der Waals surface area contributed by atoms with Crippen LogP contribution in [0.4, 0.5) is 0 Å². The number of hydrogen-bond acceptors (Lipinski definition) is 3. The van der Waals surface area contributed by atoms with Crippen LogP contribution < -0.4 is 15.9 Å². The van der Waals surface area contributed by atoms with E-state index in [9.17, 15) is 17.8 Å². The average Bonchev–Trinajstić information content (AvgIpc) is 2.73. The molecule has 0 saturated carbocycles. The van der Waals surface area contributed by atoms with E-state index in [1.807, 2.05) is 60.7 Å². The van der Waals surface area contributed by atoms with Crippen molar-refractivity contribution in [2.24, 2.45) is 0 Å². The maximum atomic E-state index is 11.9. The van der Waals surface area contributed by atoms with Gasteiger partial charge in [0.2, 0.25) is 0 Å². The van der Waals surface area contributed by atoms with Gasteiger partial charge in [-0.15, -0.1) is 0 Å². The van der Waals surface area contributed by atoms with Crippen LogP contribution in [0.2, 0.25) is 0 Å². The molecule has 3 aromatic carbocycles. The molecule has 0 aliphatic carbocycles. The quantitative estimate of drug-likeness (QED) is 0.352. The summed E-state index contributed by atoms with van der Waals surface area (Å²) in [5.41, 5.74) is 0. The molecule has 3 aromatic rings. The second kappa shape index (κ2) is 7.85. The van der Waals surface area contributed by atoms with E-state index in [1.165, 1.54) is 31.2 Å². The molecule has 0 heterocycles. The van der Waals surface area contributed by atoms with E-state index in [2.05, 4.69) is 0 Å². The maximum absolute atomic E-state index is 11.9. The summed E-state index contributed by atoms with van der Waals surface area (Å²) in [6, 6.07) is 24.5. The van der Waals surface area contributed by atoms with E-state index in [1.54, 1.807) is 11.9 Å². The predicted octanol–water partition coefficient (Wildman–Crippen LogP) is 4.02. The topological polar surface area (TPSA) is 71.4 Å². The van der Waals surface area contributed by atoms with Gasteiger partial charge in [0.1, 0.15) is 0 Å². The van der Waals surface area contributed by atoms with E-state index in [4.69, 9.17) is 11.2 Å². The van der Waals surface area contributed by atoms with Crippen LogP contribution in [0.15, 0.2) is 102 Å². The zero-order valence-corrected chi connectivity index (χ0v) is 18.1. The van der Waals surface area contributed by atoms with Crippen molar-refractivity contribution in [3.8, 4) is 0 Å². The third kappa shape index (κ3) is 3.92. The van der Waals surface area contributed by atoms with Crippen molar-refractivity contribution in [2.45, 2.75) is 11.8 Å². The summed E-state index contributed by atoms with van der Waals surface area (Å²) in [6.07, 6.45) is 1.42. The van der Waals surface area contributed by atoms with Crippen LogP contribution in [-0.2, 0) is 14.9 Å². The number of hydrogen-bond donors (Lipinski definition) is 1. The summed E-state index contributed by atoms with van der Waals surface area (Å²) in [7, 11) is -4.44. The van der Waals surface area contributed by atoms with Crippen LogP contribution in [0.3, 0.4) is 0 Å². The van der Waals surface area contributed by atoms with Crippen molar-refractivity contribution in [2.75, 3.05) is 0 Å². The zero-order valence-electron chi connectivity index (χ0n) is 15.6. The molecule has 0 bridgehead atoms. The van der Waals surface area contributed by atoms with Crippen LogP contribution >= 0.6 is 17.2 Å². The van der Waals surface area contributed by atoms with Gasteiger partial charge in [0.25, 0.3) is 0 Å². The molecular formula is C22H20ClO4PS. The van der Waals surface area contributed by atoms with Crippen LogP contribution in [-0.4, -0.2) is 18.8 Å². The Labute approximate surface area is 175 Å². The molecule has 29 heavy (non-hydrogen) atoms. The van der Waals surface area contributed by atoms with Crippen molar-refractivity contribution in [3.63, 3.8) is 0 Å². The normalized spacial score (nSPS) is 13.7. The van der Waals surface area contributed by atoms with E-state index >= 15 is 0 Å². The van der Waals surface area contributed by atoms with Gasteiger partial charge in [-0.1, -0.05) is 0 Å². The van der Waals surface area contributed by atoms with Gasteiger partial charge in [0, 0.05) is 0 Å². The third-order valence-corrected chi connectivity index (χ3v) is 12.3. The third-order valence-electron chi connectivity index (χ3n) is 4.73.